The van der Waals surface area contributed by atoms with E-state index in [0.717, 1.165) is 87.7 Å². The van der Waals surface area contributed by atoms with Crippen molar-refractivity contribution in [1.82, 2.24) is 10.6 Å². The number of carboxylic acids is 1. The number of rotatable bonds is 15. The van der Waals surface area contributed by atoms with Crippen LogP contribution in [-0.2, 0) is 14.3 Å². The van der Waals surface area contributed by atoms with Crippen LogP contribution in [0.15, 0.2) is 11.6 Å². The summed E-state index contributed by atoms with van der Waals surface area (Å²) >= 11 is 0. The molecule has 5 N–H and O–H groups in total. The van der Waals surface area contributed by atoms with E-state index < -0.39 is 5.97 Å². The Morgan fingerprint density at radius 3 is 2.36 bits per heavy atom. The Morgan fingerprint density at radius 2 is 1.68 bits per heavy atom. The Kier molecular flexibility index (Phi) is 14.7. The number of ether oxygens (including phenoxy) is 1. The van der Waals surface area contributed by atoms with Crippen LogP contribution in [0.3, 0.4) is 0 Å². The van der Waals surface area contributed by atoms with Gasteiger partial charge in [-0.2, -0.15) is 0 Å². The van der Waals surface area contributed by atoms with Gasteiger partial charge in [0.05, 0.1) is 6.54 Å². The highest BCUT2D eigenvalue weighted by Crippen LogP contribution is 2.67. The zero-order valence-electron chi connectivity index (χ0n) is 29.1. The van der Waals surface area contributed by atoms with Gasteiger partial charge in [0.15, 0.2) is 0 Å². The van der Waals surface area contributed by atoms with E-state index in [-0.39, 0.29) is 12.1 Å². The van der Waals surface area contributed by atoms with Gasteiger partial charge in [-0.3, -0.25) is 9.59 Å². The van der Waals surface area contributed by atoms with E-state index in [1.54, 1.807) is 5.57 Å². The van der Waals surface area contributed by atoms with Gasteiger partial charge in [-0.1, -0.05) is 65.5 Å². The molecule has 4 aliphatic carbocycles. The minimum atomic E-state index is -0.833. The Balaban J connectivity index is 0.00000124. The number of nitrogens with one attached hydrogen (secondary N) is 2. The van der Waals surface area contributed by atoms with E-state index in [9.17, 15) is 4.79 Å². The highest BCUT2D eigenvalue weighted by Gasteiger charge is 2.59. The standard InChI is InChI=1S/C35H63N3O2.C2H4O2/c1-25(2)9-8-10-26(3)30-13-14-31-29-12-11-27-23-28(15-17-34(27,4)32(29)16-18-35(30,31)5)40-33(39)24-38-21-7-6-20-37-22-19-36;1-2(3)4/h11,25-26,28-32,37-38H,6-10,12-24,36H2,1-5H3;1H3,(H,3,4)/t26-,28?,29?,30-,31?,32?,34+,35-;/m1./s1. The normalized spacial score (nSPS) is 33.3. The Bertz CT molecular complexity index is 934. The van der Waals surface area contributed by atoms with Gasteiger partial charge in [0.25, 0.3) is 5.97 Å². The van der Waals surface area contributed by atoms with Gasteiger partial charge in [0.1, 0.15) is 6.10 Å². The fourth-order valence-corrected chi connectivity index (χ4v) is 9.90. The highest BCUT2D eigenvalue weighted by atomic mass is 16.5. The molecule has 0 bridgehead atoms. The lowest BCUT2D eigenvalue weighted by Crippen LogP contribution is -2.51. The summed E-state index contributed by atoms with van der Waals surface area (Å²) in [6.07, 6.45) is 19.2. The molecule has 0 saturated heterocycles. The number of carbonyl (C=O) groups excluding carboxylic acids is 1. The van der Waals surface area contributed by atoms with Crippen molar-refractivity contribution in [3.05, 3.63) is 11.6 Å². The van der Waals surface area contributed by atoms with Crippen LogP contribution in [-0.4, -0.2) is 55.9 Å². The fraction of sp³-hybridized carbons (Fsp3) is 0.892. The van der Waals surface area contributed by atoms with E-state index in [1.165, 1.54) is 57.8 Å². The molecule has 0 aromatic rings. The van der Waals surface area contributed by atoms with E-state index in [4.69, 9.17) is 20.4 Å². The summed E-state index contributed by atoms with van der Waals surface area (Å²) in [5.74, 6) is 4.27. The minimum Gasteiger partial charge on any atom is -0.481 e. The lowest BCUT2D eigenvalue weighted by Gasteiger charge is -2.58. The third kappa shape index (κ3) is 9.78. The molecular formula is C37H67N3O4. The zero-order chi connectivity index (χ0) is 32.3. The number of hydrogen-bond acceptors (Lipinski definition) is 6. The molecule has 7 heteroatoms. The van der Waals surface area contributed by atoms with Gasteiger partial charge >= 0.3 is 5.97 Å². The van der Waals surface area contributed by atoms with Crippen LogP contribution in [0, 0.1) is 46.3 Å². The van der Waals surface area contributed by atoms with E-state index in [1.807, 2.05) is 0 Å². The molecule has 8 atom stereocenters. The summed E-state index contributed by atoms with van der Waals surface area (Å²) in [5, 5.41) is 14.0. The summed E-state index contributed by atoms with van der Waals surface area (Å²) in [4.78, 5) is 21.6. The first-order valence-corrected chi connectivity index (χ1v) is 18.1. The lowest BCUT2D eigenvalue weighted by atomic mass is 9.47. The summed E-state index contributed by atoms with van der Waals surface area (Å²) < 4.78 is 5.99. The van der Waals surface area contributed by atoms with Crippen LogP contribution >= 0.6 is 0 Å². The van der Waals surface area contributed by atoms with E-state index >= 15 is 0 Å². The Morgan fingerprint density at radius 1 is 0.977 bits per heavy atom. The minimum absolute atomic E-state index is 0.0574. The smallest absolute Gasteiger partial charge is 0.320 e. The number of esters is 1. The maximum atomic E-state index is 12.6. The van der Waals surface area contributed by atoms with Crippen molar-refractivity contribution in [3.8, 4) is 0 Å². The van der Waals surface area contributed by atoms with Gasteiger partial charge < -0.3 is 26.2 Å². The zero-order valence-corrected chi connectivity index (χ0v) is 29.1. The van der Waals surface area contributed by atoms with Crippen molar-refractivity contribution in [2.24, 2.45) is 52.1 Å². The average molecular weight is 618 g/mol. The number of carboxylic acid groups (broad SMARTS) is 1. The quantitative estimate of drug-likeness (QED) is 0.0893. The average Bonchev–Trinajstić information content (AvgIpc) is 3.31. The summed E-state index contributed by atoms with van der Waals surface area (Å²) in [6.45, 7) is 17.4. The van der Waals surface area contributed by atoms with Crippen LogP contribution in [0.1, 0.15) is 125 Å². The van der Waals surface area contributed by atoms with Crippen LogP contribution in [0.2, 0.25) is 0 Å². The maximum Gasteiger partial charge on any atom is 0.320 e. The summed E-state index contributed by atoms with van der Waals surface area (Å²) in [6, 6.07) is 0. The lowest BCUT2D eigenvalue weighted by molar-refractivity contribution is -0.150. The predicted molar refractivity (Wildman–Crippen MR) is 180 cm³/mol. The molecule has 0 amide bonds. The predicted octanol–water partition coefficient (Wildman–Crippen LogP) is 6.95. The van der Waals surface area contributed by atoms with Crippen molar-refractivity contribution >= 4 is 11.9 Å². The molecular weight excluding hydrogens is 550 g/mol. The number of hydrogen-bond donors (Lipinski definition) is 4. The van der Waals surface area contributed by atoms with Crippen molar-refractivity contribution < 1.29 is 19.4 Å². The van der Waals surface area contributed by atoms with Crippen molar-refractivity contribution in [2.45, 2.75) is 131 Å². The molecule has 3 fully saturated rings. The molecule has 4 unspecified atom stereocenters. The van der Waals surface area contributed by atoms with Crippen molar-refractivity contribution in [3.63, 3.8) is 0 Å². The molecule has 0 aliphatic heterocycles. The molecule has 44 heavy (non-hydrogen) atoms. The topological polar surface area (TPSA) is 114 Å². The second-order valence-electron chi connectivity index (χ2n) is 15.6. The van der Waals surface area contributed by atoms with Crippen LogP contribution in [0.5, 0.6) is 0 Å². The van der Waals surface area contributed by atoms with Crippen molar-refractivity contribution in [1.29, 1.82) is 0 Å². The number of nitrogens with two attached hydrogens (primary N) is 1. The summed E-state index contributed by atoms with van der Waals surface area (Å²) in [7, 11) is 0. The first-order chi connectivity index (χ1) is 20.9. The third-order valence-corrected chi connectivity index (χ3v) is 12.1. The number of fused-ring (bicyclic) bond motifs is 5. The number of unbranched alkanes of at least 4 members (excludes halogenated alkanes) is 1. The molecule has 3 saturated carbocycles. The number of allylic oxidation sites excluding steroid dienone is 1. The maximum absolute atomic E-state index is 12.6. The first kappa shape index (κ1) is 37.0. The SMILES string of the molecule is CC(=O)O.CC(C)CCC[C@@H](C)[C@H]1CCC2C3CC=C4CC(OC(=O)CNCCCCNCCN)CC[C@]4(C)C3CC[C@@]21C. The van der Waals surface area contributed by atoms with Gasteiger partial charge in [-0.25, -0.2) is 0 Å². The first-order valence-electron chi connectivity index (χ1n) is 18.1. The number of aliphatic carboxylic acids is 1. The second-order valence-corrected chi connectivity index (χ2v) is 15.6. The molecule has 4 rings (SSSR count). The van der Waals surface area contributed by atoms with Gasteiger partial charge in [0, 0.05) is 26.4 Å². The van der Waals surface area contributed by atoms with E-state index in [0.29, 0.717) is 23.9 Å². The second kappa shape index (κ2) is 17.5. The van der Waals surface area contributed by atoms with Crippen LogP contribution < -0.4 is 16.4 Å². The van der Waals surface area contributed by atoms with E-state index in [2.05, 4.69) is 51.3 Å². The fourth-order valence-electron chi connectivity index (χ4n) is 9.90. The van der Waals surface area contributed by atoms with Crippen molar-refractivity contribution in [2.75, 3.05) is 32.7 Å². The molecule has 0 spiro atoms. The highest BCUT2D eigenvalue weighted by molar-refractivity contribution is 5.71. The molecule has 0 heterocycles. The van der Waals surface area contributed by atoms with Crippen LogP contribution in [0.4, 0.5) is 0 Å². The Hall–Kier alpha value is -1.44. The van der Waals surface area contributed by atoms with Gasteiger partial charge in [0.2, 0.25) is 0 Å². The molecule has 0 aromatic heterocycles. The monoisotopic (exact) mass is 618 g/mol. The van der Waals surface area contributed by atoms with Crippen LogP contribution in [0.25, 0.3) is 0 Å². The summed E-state index contributed by atoms with van der Waals surface area (Å²) in [5.41, 5.74) is 7.96. The van der Waals surface area contributed by atoms with Gasteiger partial charge in [-0.05, 0) is 117 Å². The number of carbonyl (C=O) groups is 2. The third-order valence-electron chi connectivity index (χ3n) is 12.1. The Labute approximate surface area is 269 Å². The van der Waals surface area contributed by atoms with Gasteiger partial charge in [-0.15, -0.1) is 0 Å². The molecule has 254 valence electrons. The molecule has 7 nitrogen and oxygen atoms in total. The molecule has 0 aromatic carbocycles. The molecule has 0 radical (unpaired) electrons. The largest absolute Gasteiger partial charge is 0.481 e. The molecule has 4 aliphatic rings.